The van der Waals surface area contributed by atoms with E-state index in [0.29, 0.717) is 17.2 Å². The van der Waals surface area contributed by atoms with E-state index in [2.05, 4.69) is 5.32 Å². The minimum Gasteiger partial charge on any atom is -0.497 e. The van der Waals surface area contributed by atoms with Gasteiger partial charge in [-0.05, 0) is 63.1 Å². The monoisotopic (exact) mass is 523 g/mol. The van der Waals surface area contributed by atoms with Gasteiger partial charge in [-0.2, -0.15) is 0 Å². The number of sulfonamides is 1. The topological polar surface area (TPSA) is 96.0 Å². The number of ether oxygens (including phenoxy) is 1. The highest BCUT2D eigenvalue weighted by Crippen LogP contribution is 2.23. The number of benzene rings is 2. The maximum absolute atomic E-state index is 13.6. The lowest BCUT2D eigenvalue weighted by molar-refractivity contribution is -0.141. The van der Waals surface area contributed by atoms with E-state index in [1.54, 1.807) is 49.6 Å². The number of carbonyl (C=O) groups is 2. The third-order valence-electron chi connectivity index (χ3n) is 5.17. The van der Waals surface area contributed by atoms with E-state index in [0.717, 1.165) is 16.1 Å². The van der Waals surface area contributed by atoms with Gasteiger partial charge >= 0.3 is 0 Å². The Labute approximate surface area is 213 Å². The van der Waals surface area contributed by atoms with Crippen molar-refractivity contribution in [2.75, 3.05) is 24.2 Å². The molecule has 0 heterocycles. The third kappa shape index (κ3) is 8.43. The molecule has 8 nitrogen and oxygen atoms in total. The van der Waals surface area contributed by atoms with Crippen LogP contribution in [0.4, 0.5) is 5.69 Å². The zero-order chi connectivity index (χ0) is 26.4. The minimum atomic E-state index is -3.82. The van der Waals surface area contributed by atoms with E-state index in [1.165, 1.54) is 11.0 Å². The van der Waals surface area contributed by atoms with Crippen LogP contribution in [0.5, 0.6) is 5.75 Å². The molecule has 0 bridgehead atoms. The smallest absolute Gasteiger partial charge is 0.244 e. The van der Waals surface area contributed by atoms with Gasteiger partial charge in [0.1, 0.15) is 18.3 Å². The Kier molecular flexibility index (Phi) is 9.57. The van der Waals surface area contributed by atoms with Crippen molar-refractivity contribution in [2.24, 2.45) is 0 Å². The highest BCUT2D eigenvalue weighted by molar-refractivity contribution is 7.92. The molecule has 0 aliphatic heterocycles. The molecule has 10 heteroatoms. The highest BCUT2D eigenvalue weighted by Gasteiger charge is 2.33. The van der Waals surface area contributed by atoms with Crippen LogP contribution < -0.4 is 14.4 Å². The average Bonchev–Trinajstić information content (AvgIpc) is 2.75. The maximum atomic E-state index is 13.6. The molecule has 0 aromatic heterocycles. The van der Waals surface area contributed by atoms with Crippen LogP contribution in [0.15, 0.2) is 48.5 Å². The number of nitrogens with one attached hydrogen (secondary N) is 1. The van der Waals surface area contributed by atoms with E-state index < -0.39 is 34.1 Å². The highest BCUT2D eigenvalue weighted by atomic mass is 35.5. The first-order valence-corrected chi connectivity index (χ1v) is 13.5. The summed E-state index contributed by atoms with van der Waals surface area (Å²) in [6.45, 7) is 7.03. The van der Waals surface area contributed by atoms with E-state index in [1.807, 2.05) is 27.7 Å². The molecule has 1 atom stereocenters. The lowest BCUT2D eigenvalue weighted by Crippen LogP contribution is -2.55. The molecule has 35 heavy (non-hydrogen) atoms. The fourth-order valence-corrected chi connectivity index (χ4v) is 4.57. The standard InChI is InChI=1S/C25H34ClN3O5S/c1-7-22(24(31)27-25(2,3)4)28(16-18-11-13-21(34-5)14-12-18)23(30)17-29(35(6,32)33)20-10-8-9-19(26)15-20/h8-15,22H,7,16-17H2,1-6H3,(H,27,31)/t22-/m0/s1. The molecule has 0 radical (unpaired) electrons. The Bertz CT molecular complexity index is 1130. The lowest BCUT2D eigenvalue weighted by atomic mass is 10.1. The summed E-state index contributed by atoms with van der Waals surface area (Å²) in [7, 11) is -2.26. The predicted molar refractivity (Wildman–Crippen MR) is 139 cm³/mol. The molecule has 0 aliphatic rings. The molecule has 2 aromatic rings. The largest absolute Gasteiger partial charge is 0.497 e. The molecule has 2 aromatic carbocycles. The maximum Gasteiger partial charge on any atom is 0.244 e. The molecule has 0 aliphatic carbocycles. The van der Waals surface area contributed by atoms with Gasteiger partial charge in [0.2, 0.25) is 21.8 Å². The van der Waals surface area contributed by atoms with Crippen LogP contribution in [0.3, 0.4) is 0 Å². The van der Waals surface area contributed by atoms with Crippen LogP contribution in [0.25, 0.3) is 0 Å². The van der Waals surface area contributed by atoms with Crippen LogP contribution in [-0.4, -0.2) is 56.6 Å². The number of nitrogens with zero attached hydrogens (tertiary/aromatic N) is 2. The van der Waals surface area contributed by atoms with Crippen molar-refractivity contribution < 1.29 is 22.7 Å². The Morgan fingerprint density at radius 2 is 1.74 bits per heavy atom. The Hall–Kier alpha value is -2.78. The summed E-state index contributed by atoms with van der Waals surface area (Å²) < 4.78 is 31.4. The molecule has 0 saturated heterocycles. The number of halogens is 1. The second-order valence-electron chi connectivity index (χ2n) is 9.28. The fourth-order valence-electron chi connectivity index (χ4n) is 3.54. The molecular formula is C25H34ClN3O5S. The predicted octanol–water partition coefficient (Wildman–Crippen LogP) is 3.84. The second-order valence-corrected chi connectivity index (χ2v) is 11.6. The van der Waals surface area contributed by atoms with Crippen molar-refractivity contribution in [2.45, 2.75) is 52.2 Å². The molecule has 0 spiro atoms. The summed E-state index contributed by atoms with van der Waals surface area (Å²) in [6, 6.07) is 12.6. The van der Waals surface area contributed by atoms with Crippen LogP contribution in [0.2, 0.25) is 5.02 Å². The third-order valence-corrected chi connectivity index (χ3v) is 6.55. The minimum absolute atomic E-state index is 0.117. The zero-order valence-electron chi connectivity index (χ0n) is 21.0. The van der Waals surface area contributed by atoms with Gasteiger partial charge in [0.25, 0.3) is 0 Å². The van der Waals surface area contributed by atoms with Crippen molar-refractivity contribution in [1.82, 2.24) is 10.2 Å². The molecule has 1 N–H and O–H groups in total. The summed E-state index contributed by atoms with van der Waals surface area (Å²) in [5.41, 5.74) is 0.540. The SMILES string of the molecule is CC[C@@H](C(=O)NC(C)(C)C)N(Cc1ccc(OC)cc1)C(=O)CN(c1cccc(Cl)c1)S(C)(=O)=O. The van der Waals surface area contributed by atoms with Gasteiger partial charge in [0.15, 0.2) is 0 Å². The summed E-state index contributed by atoms with van der Waals surface area (Å²) in [4.78, 5) is 28.2. The number of rotatable bonds is 10. The lowest BCUT2D eigenvalue weighted by Gasteiger charge is -2.34. The van der Waals surface area contributed by atoms with Crippen molar-refractivity contribution in [3.63, 3.8) is 0 Å². The van der Waals surface area contributed by atoms with Gasteiger partial charge in [-0.25, -0.2) is 8.42 Å². The second kappa shape index (κ2) is 11.8. The first-order valence-electron chi connectivity index (χ1n) is 11.2. The molecular weight excluding hydrogens is 490 g/mol. The number of hydrogen-bond donors (Lipinski definition) is 1. The van der Waals surface area contributed by atoms with Gasteiger partial charge in [-0.1, -0.05) is 36.7 Å². The van der Waals surface area contributed by atoms with Crippen LogP contribution in [0, 0.1) is 0 Å². The van der Waals surface area contributed by atoms with E-state index in [4.69, 9.17) is 16.3 Å². The number of methoxy groups -OCH3 is 1. The molecule has 0 unspecified atom stereocenters. The number of anilines is 1. The molecule has 2 rings (SSSR count). The summed E-state index contributed by atoms with van der Waals surface area (Å²) in [5, 5.41) is 3.27. The molecule has 192 valence electrons. The van der Waals surface area contributed by atoms with Gasteiger partial charge in [-0.3, -0.25) is 13.9 Å². The fraction of sp³-hybridized carbons (Fsp3) is 0.440. The zero-order valence-corrected chi connectivity index (χ0v) is 22.6. The summed E-state index contributed by atoms with van der Waals surface area (Å²) in [6.07, 6.45) is 1.37. The van der Waals surface area contributed by atoms with Gasteiger partial charge in [-0.15, -0.1) is 0 Å². The first kappa shape index (κ1) is 28.5. The van der Waals surface area contributed by atoms with Crippen molar-refractivity contribution in [1.29, 1.82) is 0 Å². The quantitative estimate of drug-likeness (QED) is 0.510. The number of carbonyl (C=O) groups excluding carboxylic acids is 2. The van der Waals surface area contributed by atoms with Crippen molar-refractivity contribution in [3.05, 3.63) is 59.1 Å². The van der Waals surface area contributed by atoms with Crippen molar-refractivity contribution >= 4 is 39.1 Å². The van der Waals surface area contributed by atoms with Crippen molar-refractivity contribution in [3.8, 4) is 5.75 Å². The van der Waals surface area contributed by atoms with E-state index in [9.17, 15) is 18.0 Å². The van der Waals surface area contributed by atoms with Gasteiger partial charge in [0.05, 0.1) is 19.1 Å². The Morgan fingerprint density at radius 1 is 1.11 bits per heavy atom. The van der Waals surface area contributed by atoms with E-state index >= 15 is 0 Å². The molecule has 0 saturated carbocycles. The summed E-state index contributed by atoms with van der Waals surface area (Å²) >= 11 is 6.07. The Balaban J connectivity index is 2.45. The van der Waals surface area contributed by atoms with E-state index in [-0.39, 0.29) is 18.1 Å². The normalized spacial score (nSPS) is 12.5. The summed E-state index contributed by atoms with van der Waals surface area (Å²) in [5.74, 6) is -0.161. The van der Waals surface area contributed by atoms with Crippen LogP contribution >= 0.6 is 11.6 Å². The van der Waals surface area contributed by atoms with Gasteiger partial charge < -0.3 is 15.0 Å². The first-order chi connectivity index (χ1) is 16.2. The van der Waals surface area contributed by atoms with Gasteiger partial charge in [0, 0.05) is 17.1 Å². The van der Waals surface area contributed by atoms with Crippen LogP contribution in [0.1, 0.15) is 39.7 Å². The molecule has 0 fully saturated rings. The van der Waals surface area contributed by atoms with Crippen LogP contribution in [-0.2, 0) is 26.2 Å². The number of amides is 2. The number of hydrogen-bond acceptors (Lipinski definition) is 5. The average molecular weight is 524 g/mol. The Morgan fingerprint density at radius 3 is 2.23 bits per heavy atom. The molecule has 2 amide bonds.